The highest BCUT2D eigenvalue weighted by molar-refractivity contribution is 6.36. The van der Waals surface area contributed by atoms with Crippen molar-refractivity contribution < 1.29 is 4.74 Å². The van der Waals surface area contributed by atoms with Crippen LogP contribution in [-0.4, -0.2) is 18.8 Å². The van der Waals surface area contributed by atoms with Crippen LogP contribution in [0.5, 0.6) is 0 Å². The van der Waals surface area contributed by atoms with Crippen LogP contribution in [0.25, 0.3) is 0 Å². The molecule has 4 heteroatoms. The van der Waals surface area contributed by atoms with Crippen LogP contribution in [-0.2, 0) is 11.2 Å². The van der Waals surface area contributed by atoms with E-state index in [1.165, 1.54) is 12.8 Å². The summed E-state index contributed by atoms with van der Waals surface area (Å²) in [5.41, 5.74) is 7.20. The van der Waals surface area contributed by atoms with Crippen molar-refractivity contribution in [2.45, 2.75) is 38.3 Å². The summed E-state index contributed by atoms with van der Waals surface area (Å²) >= 11 is 12.3. The van der Waals surface area contributed by atoms with E-state index in [2.05, 4.69) is 0 Å². The van der Waals surface area contributed by atoms with Crippen LogP contribution in [0.15, 0.2) is 18.2 Å². The Balaban J connectivity index is 2.07. The maximum Gasteiger partial charge on any atom is 0.0757 e. The maximum absolute atomic E-state index is 6.27. The largest absolute Gasteiger partial charge is 0.377 e. The second kappa shape index (κ2) is 6.25. The van der Waals surface area contributed by atoms with Gasteiger partial charge in [-0.15, -0.1) is 0 Å². The van der Waals surface area contributed by atoms with E-state index in [1.807, 2.05) is 25.1 Å². The Morgan fingerprint density at radius 1 is 1.33 bits per heavy atom. The van der Waals surface area contributed by atoms with Gasteiger partial charge in [-0.25, -0.2) is 0 Å². The molecule has 1 fully saturated rings. The van der Waals surface area contributed by atoms with E-state index in [0.29, 0.717) is 29.0 Å². The zero-order valence-corrected chi connectivity index (χ0v) is 12.0. The molecule has 2 rings (SSSR count). The molecule has 0 saturated heterocycles. The minimum absolute atomic E-state index is 0.0464. The van der Waals surface area contributed by atoms with Crippen molar-refractivity contribution in [3.8, 4) is 0 Å². The quantitative estimate of drug-likeness (QED) is 0.866. The van der Waals surface area contributed by atoms with E-state index in [9.17, 15) is 0 Å². The van der Waals surface area contributed by atoms with Crippen LogP contribution in [0.3, 0.4) is 0 Å². The highest BCUT2D eigenvalue weighted by Crippen LogP contribution is 2.37. The Morgan fingerprint density at radius 3 is 2.44 bits per heavy atom. The van der Waals surface area contributed by atoms with Crippen molar-refractivity contribution in [3.63, 3.8) is 0 Å². The molecule has 0 bridgehead atoms. The summed E-state index contributed by atoms with van der Waals surface area (Å²) in [6.07, 6.45) is 3.23. The van der Waals surface area contributed by atoms with E-state index >= 15 is 0 Å². The van der Waals surface area contributed by atoms with Gasteiger partial charge < -0.3 is 10.5 Å². The second-order valence-electron chi connectivity index (χ2n) is 4.83. The molecule has 1 aliphatic carbocycles. The molecule has 1 saturated carbocycles. The Morgan fingerprint density at radius 2 is 1.94 bits per heavy atom. The molecule has 1 aromatic carbocycles. The number of halogens is 2. The number of nitrogens with two attached hydrogens (primary N) is 1. The normalized spacial score (nSPS) is 18.7. The smallest absolute Gasteiger partial charge is 0.0757 e. The lowest BCUT2D eigenvalue weighted by molar-refractivity contribution is 0.0288. The highest BCUT2D eigenvalue weighted by Gasteiger charge is 2.36. The van der Waals surface area contributed by atoms with Crippen molar-refractivity contribution in [3.05, 3.63) is 33.8 Å². The van der Waals surface area contributed by atoms with Crippen LogP contribution < -0.4 is 5.73 Å². The minimum atomic E-state index is -0.0464. The number of benzene rings is 1. The average Bonchev–Trinajstić information content (AvgIpc) is 3.15. The molecule has 2 nitrogen and oxygen atoms in total. The van der Waals surface area contributed by atoms with E-state index in [1.54, 1.807) is 0 Å². The average molecular weight is 288 g/mol. The topological polar surface area (TPSA) is 35.2 Å². The van der Waals surface area contributed by atoms with Gasteiger partial charge in [0.15, 0.2) is 0 Å². The predicted molar refractivity (Wildman–Crippen MR) is 76.3 cm³/mol. The third kappa shape index (κ3) is 3.39. The van der Waals surface area contributed by atoms with Gasteiger partial charge in [0.2, 0.25) is 0 Å². The van der Waals surface area contributed by atoms with Gasteiger partial charge in [-0.05, 0) is 49.8 Å². The molecule has 2 atom stereocenters. The molecule has 18 heavy (non-hydrogen) atoms. The fourth-order valence-electron chi connectivity index (χ4n) is 2.31. The van der Waals surface area contributed by atoms with Crippen molar-refractivity contribution in [2.24, 2.45) is 11.7 Å². The summed E-state index contributed by atoms with van der Waals surface area (Å²) in [7, 11) is 0. The molecular weight excluding hydrogens is 269 g/mol. The molecule has 0 aliphatic heterocycles. The first-order valence-electron chi connectivity index (χ1n) is 6.43. The summed E-state index contributed by atoms with van der Waals surface area (Å²) in [6, 6.07) is 5.50. The first-order valence-corrected chi connectivity index (χ1v) is 7.19. The van der Waals surface area contributed by atoms with Gasteiger partial charge >= 0.3 is 0 Å². The summed E-state index contributed by atoms with van der Waals surface area (Å²) in [5.74, 6) is 0.612. The molecule has 2 N–H and O–H groups in total. The number of hydrogen-bond acceptors (Lipinski definition) is 2. The third-order valence-corrected chi connectivity index (χ3v) is 4.08. The lowest BCUT2D eigenvalue weighted by atomic mass is 9.99. The summed E-state index contributed by atoms with van der Waals surface area (Å²) in [4.78, 5) is 0. The lowest BCUT2D eigenvalue weighted by Gasteiger charge is -2.24. The van der Waals surface area contributed by atoms with E-state index in [4.69, 9.17) is 33.7 Å². The first kappa shape index (κ1) is 14.1. The Labute approximate surface area is 118 Å². The zero-order chi connectivity index (χ0) is 13.1. The van der Waals surface area contributed by atoms with E-state index in [0.717, 1.165) is 5.56 Å². The van der Waals surface area contributed by atoms with Gasteiger partial charge in [0.25, 0.3) is 0 Å². The van der Waals surface area contributed by atoms with Gasteiger partial charge in [0.05, 0.1) is 6.10 Å². The monoisotopic (exact) mass is 287 g/mol. The Hall–Kier alpha value is -0.280. The predicted octanol–water partition coefficient (Wildman–Crippen LogP) is 3.68. The first-order chi connectivity index (χ1) is 8.63. The fraction of sp³-hybridized carbons (Fsp3) is 0.571. The lowest BCUT2D eigenvalue weighted by Crippen LogP contribution is -2.40. The molecule has 0 radical (unpaired) electrons. The fourth-order valence-corrected chi connectivity index (χ4v) is 2.86. The molecule has 0 heterocycles. The Bertz CT molecular complexity index is 387. The van der Waals surface area contributed by atoms with E-state index < -0.39 is 0 Å². The number of ether oxygens (including phenoxy) is 1. The molecule has 2 unspecified atom stereocenters. The number of hydrogen-bond donors (Lipinski definition) is 1. The molecule has 0 aromatic heterocycles. The molecule has 1 aliphatic rings. The SMILES string of the molecule is CCOC(C(N)Cc1c(Cl)cccc1Cl)C1CC1. The van der Waals surface area contributed by atoms with Gasteiger partial charge in [-0.2, -0.15) is 0 Å². The summed E-state index contributed by atoms with van der Waals surface area (Å²) in [6.45, 7) is 2.70. The van der Waals surface area contributed by atoms with Crippen molar-refractivity contribution in [1.82, 2.24) is 0 Å². The summed E-state index contributed by atoms with van der Waals surface area (Å²) < 4.78 is 5.77. The highest BCUT2D eigenvalue weighted by atomic mass is 35.5. The molecule has 0 spiro atoms. The molecule has 100 valence electrons. The minimum Gasteiger partial charge on any atom is -0.377 e. The Kier molecular flexibility index (Phi) is 4.91. The van der Waals surface area contributed by atoms with Crippen molar-refractivity contribution in [2.75, 3.05) is 6.61 Å². The van der Waals surface area contributed by atoms with Gasteiger partial charge in [-0.1, -0.05) is 29.3 Å². The van der Waals surface area contributed by atoms with Crippen molar-refractivity contribution >= 4 is 23.2 Å². The molecule has 1 aromatic rings. The molecular formula is C14H19Cl2NO. The third-order valence-electron chi connectivity index (χ3n) is 3.37. The van der Waals surface area contributed by atoms with Crippen LogP contribution >= 0.6 is 23.2 Å². The van der Waals surface area contributed by atoms with Gasteiger partial charge in [0.1, 0.15) is 0 Å². The van der Waals surface area contributed by atoms with Crippen molar-refractivity contribution in [1.29, 1.82) is 0 Å². The zero-order valence-electron chi connectivity index (χ0n) is 10.5. The number of rotatable bonds is 6. The maximum atomic E-state index is 6.27. The van der Waals surface area contributed by atoms with Gasteiger partial charge in [0, 0.05) is 22.7 Å². The van der Waals surface area contributed by atoms with Crippen LogP contribution in [0.2, 0.25) is 10.0 Å². The van der Waals surface area contributed by atoms with Gasteiger partial charge in [-0.3, -0.25) is 0 Å². The second-order valence-corrected chi connectivity index (χ2v) is 5.64. The van der Waals surface area contributed by atoms with Crippen LogP contribution in [0, 0.1) is 5.92 Å². The standard InChI is InChI=1S/C14H19Cl2NO/c1-2-18-14(9-6-7-9)13(17)8-10-11(15)4-3-5-12(10)16/h3-5,9,13-14H,2,6-8,17H2,1H3. The van der Waals surface area contributed by atoms with Crippen LogP contribution in [0.1, 0.15) is 25.3 Å². The van der Waals surface area contributed by atoms with E-state index in [-0.39, 0.29) is 12.1 Å². The molecule has 0 amide bonds. The van der Waals surface area contributed by atoms with Crippen LogP contribution in [0.4, 0.5) is 0 Å². The summed E-state index contributed by atoms with van der Waals surface area (Å²) in [5, 5.41) is 1.37.